The van der Waals surface area contributed by atoms with Gasteiger partial charge >= 0.3 is 0 Å². The lowest BCUT2D eigenvalue weighted by Gasteiger charge is -2.13. The zero-order valence-electron chi connectivity index (χ0n) is 15.5. The van der Waals surface area contributed by atoms with Crippen molar-refractivity contribution in [2.45, 2.75) is 13.8 Å². The number of amides is 2. The lowest BCUT2D eigenvalue weighted by molar-refractivity contribution is -0.114. The minimum Gasteiger partial charge on any atom is -0.455 e. The van der Waals surface area contributed by atoms with Gasteiger partial charge in [-0.15, -0.1) is 0 Å². The number of carbonyl (C=O) groups excluding carboxylic acids is 2. The Labute approximate surface area is 168 Å². The molecule has 0 aromatic heterocycles. The molecule has 3 aromatic carbocycles. The highest BCUT2D eigenvalue weighted by Gasteiger charge is 2.12. The summed E-state index contributed by atoms with van der Waals surface area (Å²) in [6, 6.07) is 19.3. The van der Waals surface area contributed by atoms with Gasteiger partial charge in [0, 0.05) is 23.2 Å². The van der Waals surface area contributed by atoms with Crippen LogP contribution in [0.5, 0.6) is 11.5 Å². The fraction of sp³-hybridized carbons (Fsp3) is 0.0909. The van der Waals surface area contributed by atoms with Crippen molar-refractivity contribution in [3.63, 3.8) is 0 Å². The van der Waals surface area contributed by atoms with Gasteiger partial charge < -0.3 is 15.4 Å². The molecule has 3 aromatic rings. The maximum Gasteiger partial charge on any atom is 0.255 e. The van der Waals surface area contributed by atoms with Crippen molar-refractivity contribution in [1.82, 2.24) is 0 Å². The molecular weight excluding hydrogens is 376 g/mol. The number of halogens is 1. The first-order valence-corrected chi connectivity index (χ1v) is 9.01. The number of aryl methyl sites for hydroxylation is 1. The van der Waals surface area contributed by atoms with Crippen molar-refractivity contribution in [1.29, 1.82) is 0 Å². The summed E-state index contributed by atoms with van der Waals surface area (Å²) in [5.41, 5.74) is 2.45. The van der Waals surface area contributed by atoms with E-state index in [1.54, 1.807) is 42.5 Å². The average Bonchev–Trinajstić information content (AvgIpc) is 2.64. The molecule has 0 unspecified atom stereocenters. The van der Waals surface area contributed by atoms with Gasteiger partial charge in [-0.1, -0.05) is 29.8 Å². The molecule has 0 heterocycles. The average molecular weight is 395 g/mol. The van der Waals surface area contributed by atoms with Crippen LogP contribution in [0, 0.1) is 6.92 Å². The first-order valence-electron chi connectivity index (χ1n) is 8.64. The van der Waals surface area contributed by atoms with Crippen molar-refractivity contribution in [2.75, 3.05) is 10.6 Å². The van der Waals surface area contributed by atoms with Gasteiger partial charge in [0.05, 0.1) is 5.69 Å². The summed E-state index contributed by atoms with van der Waals surface area (Å²) >= 11 is 6.10. The second-order valence-electron chi connectivity index (χ2n) is 6.28. The van der Waals surface area contributed by atoms with Crippen LogP contribution in [0.3, 0.4) is 0 Å². The fourth-order valence-corrected chi connectivity index (χ4v) is 2.80. The third-order valence-electron chi connectivity index (χ3n) is 3.85. The van der Waals surface area contributed by atoms with E-state index in [2.05, 4.69) is 10.6 Å². The maximum absolute atomic E-state index is 12.7. The Hall–Kier alpha value is -3.31. The molecule has 0 saturated heterocycles. The largest absolute Gasteiger partial charge is 0.455 e. The zero-order chi connectivity index (χ0) is 20.1. The number of nitrogens with one attached hydrogen (secondary N) is 2. The SMILES string of the molecule is CC(=O)Nc1cccc(C(=O)Nc2cc(Cl)ccc2Oc2cccc(C)c2)c1. The topological polar surface area (TPSA) is 67.4 Å². The van der Waals surface area contributed by atoms with Gasteiger partial charge in [-0.05, 0) is 61.0 Å². The number of carbonyl (C=O) groups is 2. The van der Waals surface area contributed by atoms with Crippen molar-refractivity contribution in [2.24, 2.45) is 0 Å². The van der Waals surface area contributed by atoms with Crippen molar-refractivity contribution in [3.05, 3.63) is 82.9 Å². The summed E-state index contributed by atoms with van der Waals surface area (Å²) < 4.78 is 5.93. The maximum atomic E-state index is 12.7. The molecule has 2 amide bonds. The van der Waals surface area contributed by atoms with E-state index in [9.17, 15) is 9.59 Å². The predicted molar refractivity (Wildman–Crippen MR) is 111 cm³/mol. The van der Waals surface area contributed by atoms with Crippen LogP contribution in [-0.4, -0.2) is 11.8 Å². The number of hydrogen-bond acceptors (Lipinski definition) is 3. The van der Waals surface area contributed by atoms with Crippen LogP contribution in [0.2, 0.25) is 5.02 Å². The van der Waals surface area contributed by atoms with E-state index in [-0.39, 0.29) is 11.8 Å². The first kappa shape index (κ1) is 19.5. The molecule has 0 atom stereocenters. The lowest BCUT2D eigenvalue weighted by Crippen LogP contribution is -2.13. The molecule has 0 spiro atoms. The van der Waals surface area contributed by atoms with Gasteiger partial charge in [-0.2, -0.15) is 0 Å². The smallest absolute Gasteiger partial charge is 0.255 e. The van der Waals surface area contributed by atoms with Gasteiger partial charge in [0.25, 0.3) is 5.91 Å². The normalized spacial score (nSPS) is 10.2. The standard InChI is InChI=1S/C22H19ClN2O3/c1-14-5-3-8-19(11-14)28-21-10-9-17(23)13-20(21)25-22(27)16-6-4-7-18(12-16)24-15(2)26/h3-13H,1-2H3,(H,24,26)(H,25,27). The van der Waals surface area contributed by atoms with Gasteiger partial charge in [0.2, 0.25) is 5.91 Å². The number of rotatable bonds is 5. The van der Waals surface area contributed by atoms with E-state index in [0.29, 0.717) is 33.5 Å². The zero-order valence-corrected chi connectivity index (χ0v) is 16.2. The van der Waals surface area contributed by atoms with E-state index in [4.69, 9.17) is 16.3 Å². The fourth-order valence-electron chi connectivity index (χ4n) is 2.63. The number of anilines is 2. The van der Waals surface area contributed by atoms with Crippen LogP contribution in [0.4, 0.5) is 11.4 Å². The van der Waals surface area contributed by atoms with E-state index in [0.717, 1.165) is 5.56 Å². The molecular formula is C22H19ClN2O3. The Kier molecular flexibility index (Phi) is 5.96. The second kappa shape index (κ2) is 8.59. The highest BCUT2D eigenvalue weighted by molar-refractivity contribution is 6.31. The first-order chi connectivity index (χ1) is 13.4. The summed E-state index contributed by atoms with van der Waals surface area (Å²) in [5.74, 6) is 0.580. The van der Waals surface area contributed by atoms with E-state index in [1.165, 1.54) is 6.92 Å². The van der Waals surface area contributed by atoms with Crippen LogP contribution in [0.1, 0.15) is 22.8 Å². The van der Waals surface area contributed by atoms with Crippen LogP contribution in [-0.2, 0) is 4.79 Å². The molecule has 3 rings (SSSR count). The van der Waals surface area contributed by atoms with Crippen molar-refractivity contribution in [3.8, 4) is 11.5 Å². The van der Waals surface area contributed by atoms with Gasteiger partial charge in [0.15, 0.2) is 5.75 Å². The second-order valence-corrected chi connectivity index (χ2v) is 6.71. The third kappa shape index (κ3) is 5.11. The Morgan fingerprint density at radius 1 is 0.929 bits per heavy atom. The van der Waals surface area contributed by atoms with Crippen molar-refractivity contribution < 1.29 is 14.3 Å². The van der Waals surface area contributed by atoms with Gasteiger partial charge in [0.1, 0.15) is 5.75 Å². The van der Waals surface area contributed by atoms with Crippen molar-refractivity contribution >= 4 is 34.8 Å². The molecule has 0 radical (unpaired) electrons. The molecule has 28 heavy (non-hydrogen) atoms. The summed E-state index contributed by atoms with van der Waals surface area (Å²) in [7, 11) is 0. The third-order valence-corrected chi connectivity index (χ3v) is 4.09. The predicted octanol–water partition coefficient (Wildman–Crippen LogP) is 5.65. The number of ether oxygens (including phenoxy) is 1. The Morgan fingerprint density at radius 3 is 2.46 bits per heavy atom. The Morgan fingerprint density at radius 2 is 1.71 bits per heavy atom. The Balaban J connectivity index is 1.84. The molecule has 2 N–H and O–H groups in total. The van der Waals surface area contributed by atoms with Crippen LogP contribution >= 0.6 is 11.6 Å². The minimum atomic E-state index is -0.344. The number of benzene rings is 3. The molecule has 0 bridgehead atoms. The van der Waals surface area contributed by atoms with Gasteiger partial charge in [-0.3, -0.25) is 9.59 Å². The van der Waals surface area contributed by atoms with Crippen LogP contribution in [0.25, 0.3) is 0 Å². The molecule has 0 fully saturated rings. The molecule has 0 aliphatic rings. The summed E-state index contributed by atoms with van der Waals surface area (Å²) in [6.45, 7) is 3.38. The van der Waals surface area contributed by atoms with Crippen LogP contribution < -0.4 is 15.4 Å². The van der Waals surface area contributed by atoms with E-state index >= 15 is 0 Å². The molecule has 0 saturated carbocycles. The molecule has 0 aliphatic carbocycles. The van der Waals surface area contributed by atoms with Crippen LogP contribution in [0.15, 0.2) is 66.7 Å². The molecule has 6 heteroatoms. The summed E-state index contributed by atoms with van der Waals surface area (Å²) in [6.07, 6.45) is 0. The monoisotopic (exact) mass is 394 g/mol. The van der Waals surface area contributed by atoms with E-state index < -0.39 is 0 Å². The molecule has 0 aliphatic heterocycles. The number of hydrogen-bond donors (Lipinski definition) is 2. The minimum absolute atomic E-state index is 0.207. The molecule has 142 valence electrons. The highest BCUT2D eigenvalue weighted by atomic mass is 35.5. The summed E-state index contributed by atoms with van der Waals surface area (Å²) in [5, 5.41) is 5.95. The van der Waals surface area contributed by atoms with E-state index in [1.807, 2.05) is 31.2 Å². The lowest BCUT2D eigenvalue weighted by atomic mass is 10.1. The van der Waals surface area contributed by atoms with Gasteiger partial charge in [-0.25, -0.2) is 0 Å². The molecule has 5 nitrogen and oxygen atoms in total. The highest BCUT2D eigenvalue weighted by Crippen LogP contribution is 2.32. The summed E-state index contributed by atoms with van der Waals surface area (Å²) in [4.78, 5) is 23.9. The Bertz CT molecular complexity index is 1030. The quantitative estimate of drug-likeness (QED) is 0.587.